The van der Waals surface area contributed by atoms with Crippen LogP contribution in [0.15, 0.2) is 28.8 Å². The number of aryl methyl sites for hydroxylation is 1. The lowest BCUT2D eigenvalue weighted by atomic mass is 10.1. The molecule has 1 aromatic heterocycles. The summed E-state index contributed by atoms with van der Waals surface area (Å²) in [5.74, 6) is 2.78. The Bertz CT molecular complexity index is 727. The molecule has 2 aliphatic rings. The zero-order valence-corrected chi connectivity index (χ0v) is 15.2. The summed E-state index contributed by atoms with van der Waals surface area (Å²) >= 11 is 0. The number of hydrogen-bond donors (Lipinski definition) is 0. The van der Waals surface area contributed by atoms with Crippen LogP contribution in [-0.2, 0) is 19.4 Å². The van der Waals surface area contributed by atoms with Gasteiger partial charge in [0, 0.05) is 25.6 Å². The molecule has 2 aromatic rings. The average Bonchev–Trinajstić information content (AvgIpc) is 3.33. The molecule has 1 saturated heterocycles. The first-order valence-corrected chi connectivity index (χ1v) is 9.26. The van der Waals surface area contributed by atoms with Crippen LogP contribution in [0.3, 0.4) is 0 Å². The Labute approximate surface area is 149 Å². The molecule has 5 nitrogen and oxygen atoms in total. The summed E-state index contributed by atoms with van der Waals surface area (Å²) < 4.78 is 11.2. The first kappa shape index (κ1) is 16.6. The fraction of sp³-hybridized carbons (Fsp3) is 0.550. The molecule has 5 heteroatoms. The number of likely N-dealkylation sites (tertiary alicyclic amines) is 1. The second-order valence-electron chi connectivity index (χ2n) is 7.31. The van der Waals surface area contributed by atoms with Crippen molar-refractivity contribution in [1.82, 2.24) is 14.8 Å². The van der Waals surface area contributed by atoms with Crippen molar-refractivity contribution in [3.63, 3.8) is 0 Å². The average molecular weight is 341 g/mol. The summed E-state index contributed by atoms with van der Waals surface area (Å²) in [4.78, 5) is 9.27. The fourth-order valence-electron chi connectivity index (χ4n) is 3.87. The third-order valence-corrected chi connectivity index (χ3v) is 5.40. The van der Waals surface area contributed by atoms with E-state index in [1.165, 1.54) is 24.1 Å². The van der Waals surface area contributed by atoms with E-state index in [0.29, 0.717) is 6.04 Å². The summed E-state index contributed by atoms with van der Waals surface area (Å²) in [5, 5.41) is 0. The number of fused-ring (bicyclic) bond motifs is 1. The van der Waals surface area contributed by atoms with E-state index < -0.39 is 0 Å². The zero-order valence-electron chi connectivity index (χ0n) is 15.2. The molecule has 0 unspecified atom stereocenters. The van der Waals surface area contributed by atoms with Gasteiger partial charge in [-0.05, 0) is 50.6 Å². The maximum Gasteiger partial charge on any atom is 0.208 e. The van der Waals surface area contributed by atoms with Crippen molar-refractivity contribution < 1.29 is 9.15 Å². The summed E-state index contributed by atoms with van der Waals surface area (Å²) in [6.45, 7) is 7.00. The molecule has 3 heterocycles. The summed E-state index contributed by atoms with van der Waals surface area (Å²) in [6.07, 6.45) is 5.18. The van der Waals surface area contributed by atoms with Crippen LogP contribution in [0.4, 0.5) is 0 Å². The highest BCUT2D eigenvalue weighted by atomic mass is 16.5. The lowest BCUT2D eigenvalue weighted by molar-refractivity contribution is 0.206. The monoisotopic (exact) mass is 341 g/mol. The Hall–Kier alpha value is -1.85. The van der Waals surface area contributed by atoms with E-state index in [1.807, 2.05) is 6.92 Å². The summed E-state index contributed by atoms with van der Waals surface area (Å²) in [5.41, 5.74) is 2.80. The molecule has 0 aliphatic carbocycles. The number of nitrogens with zero attached hydrogens (tertiary/aromatic N) is 3. The van der Waals surface area contributed by atoms with Crippen LogP contribution < -0.4 is 4.74 Å². The summed E-state index contributed by atoms with van der Waals surface area (Å²) in [6, 6.07) is 7.26. The number of rotatable bonds is 6. The predicted octanol–water partition coefficient (Wildman–Crippen LogP) is 2.67. The van der Waals surface area contributed by atoms with Gasteiger partial charge in [-0.2, -0.15) is 0 Å². The fourth-order valence-corrected chi connectivity index (χ4v) is 3.87. The Morgan fingerprint density at radius 3 is 3.12 bits per heavy atom. The lowest BCUT2D eigenvalue weighted by Crippen LogP contribution is -2.34. The molecule has 1 atom stereocenters. The number of hydrogen-bond acceptors (Lipinski definition) is 5. The normalized spacial score (nSPS) is 20.2. The quantitative estimate of drug-likeness (QED) is 0.808. The van der Waals surface area contributed by atoms with Crippen molar-refractivity contribution >= 4 is 0 Å². The molecule has 0 saturated carbocycles. The van der Waals surface area contributed by atoms with Crippen LogP contribution in [-0.4, -0.2) is 54.1 Å². The maximum atomic E-state index is 5.61. The van der Waals surface area contributed by atoms with Crippen LogP contribution in [0.25, 0.3) is 0 Å². The minimum Gasteiger partial charge on any atom is -0.493 e. The molecule has 1 fully saturated rings. The first-order chi connectivity index (χ1) is 12.2. The number of aromatic nitrogens is 1. The third kappa shape index (κ3) is 3.88. The number of benzene rings is 1. The second kappa shape index (κ2) is 7.18. The molecular weight excluding hydrogens is 314 g/mol. The van der Waals surface area contributed by atoms with Crippen LogP contribution >= 0.6 is 0 Å². The predicted molar refractivity (Wildman–Crippen MR) is 96.9 cm³/mol. The van der Waals surface area contributed by atoms with Gasteiger partial charge in [0.15, 0.2) is 0 Å². The highest BCUT2D eigenvalue weighted by Gasteiger charge is 2.26. The molecule has 25 heavy (non-hydrogen) atoms. The van der Waals surface area contributed by atoms with Gasteiger partial charge in [0.05, 0.1) is 19.3 Å². The van der Waals surface area contributed by atoms with Gasteiger partial charge in [0.2, 0.25) is 5.89 Å². The lowest BCUT2D eigenvalue weighted by Gasteiger charge is -2.23. The molecular formula is C20H27N3O2. The topological polar surface area (TPSA) is 41.7 Å². The minimum absolute atomic E-state index is 0.584. The zero-order chi connectivity index (χ0) is 17.2. The van der Waals surface area contributed by atoms with Gasteiger partial charge in [-0.15, -0.1) is 0 Å². The largest absolute Gasteiger partial charge is 0.493 e. The van der Waals surface area contributed by atoms with Gasteiger partial charge in [-0.25, -0.2) is 4.98 Å². The molecule has 0 radical (unpaired) electrons. The van der Waals surface area contributed by atoms with E-state index in [4.69, 9.17) is 9.15 Å². The Balaban J connectivity index is 1.26. The van der Waals surface area contributed by atoms with Gasteiger partial charge in [-0.3, -0.25) is 4.90 Å². The standard InChI is InChI=1S/C20H27N3O2/c1-15-12-21-20(25-15)14-22(2)18-6-9-23(13-18)8-5-16-3-4-19-17(11-16)7-10-24-19/h3-4,11-12,18H,5-10,13-14H2,1-2H3/t18-/m0/s1. The van der Waals surface area contributed by atoms with Crippen molar-refractivity contribution in [2.24, 2.45) is 0 Å². The number of likely N-dealkylation sites (N-methyl/N-ethyl adjacent to an activating group) is 1. The van der Waals surface area contributed by atoms with Crippen LogP contribution in [0.1, 0.15) is 29.2 Å². The van der Waals surface area contributed by atoms with Crippen molar-refractivity contribution in [2.75, 3.05) is 33.3 Å². The van der Waals surface area contributed by atoms with Gasteiger partial charge in [-0.1, -0.05) is 12.1 Å². The maximum absolute atomic E-state index is 5.61. The van der Waals surface area contributed by atoms with Gasteiger partial charge >= 0.3 is 0 Å². The Kier molecular flexibility index (Phi) is 4.77. The Morgan fingerprint density at radius 2 is 2.28 bits per heavy atom. The first-order valence-electron chi connectivity index (χ1n) is 9.26. The van der Waals surface area contributed by atoms with E-state index in [0.717, 1.165) is 56.5 Å². The van der Waals surface area contributed by atoms with E-state index in [2.05, 4.69) is 40.0 Å². The molecule has 0 amide bonds. The highest BCUT2D eigenvalue weighted by Crippen LogP contribution is 2.26. The van der Waals surface area contributed by atoms with Crippen LogP contribution in [0, 0.1) is 6.92 Å². The summed E-state index contributed by atoms with van der Waals surface area (Å²) in [7, 11) is 2.17. The minimum atomic E-state index is 0.584. The van der Waals surface area contributed by atoms with Crippen molar-refractivity contribution in [2.45, 2.75) is 38.8 Å². The highest BCUT2D eigenvalue weighted by molar-refractivity contribution is 5.39. The van der Waals surface area contributed by atoms with Crippen molar-refractivity contribution in [3.8, 4) is 5.75 Å². The molecule has 4 rings (SSSR count). The number of oxazole rings is 1. The SMILES string of the molecule is Cc1cnc(CN(C)[C@H]2CCN(CCc3ccc4c(c3)CCO4)C2)o1. The third-order valence-electron chi connectivity index (χ3n) is 5.40. The molecule has 1 aromatic carbocycles. The van der Waals surface area contributed by atoms with E-state index >= 15 is 0 Å². The molecule has 2 aliphatic heterocycles. The van der Waals surface area contributed by atoms with Gasteiger partial charge in [0.1, 0.15) is 11.5 Å². The molecule has 0 N–H and O–H groups in total. The molecule has 0 bridgehead atoms. The van der Waals surface area contributed by atoms with E-state index in [-0.39, 0.29) is 0 Å². The Morgan fingerprint density at radius 1 is 1.36 bits per heavy atom. The smallest absolute Gasteiger partial charge is 0.208 e. The van der Waals surface area contributed by atoms with E-state index in [9.17, 15) is 0 Å². The molecule has 134 valence electrons. The van der Waals surface area contributed by atoms with Gasteiger partial charge < -0.3 is 14.1 Å². The molecule has 0 spiro atoms. The van der Waals surface area contributed by atoms with Crippen LogP contribution in [0.2, 0.25) is 0 Å². The van der Waals surface area contributed by atoms with E-state index in [1.54, 1.807) is 6.20 Å². The van der Waals surface area contributed by atoms with Crippen molar-refractivity contribution in [3.05, 3.63) is 47.2 Å². The second-order valence-corrected chi connectivity index (χ2v) is 7.31. The van der Waals surface area contributed by atoms with Crippen molar-refractivity contribution in [1.29, 1.82) is 0 Å². The van der Waals surface area contributed by atoms with Gasteiger partial charge in [0.25, 0.3) is 0 Å². The van der Waals surface area contributed by atoms with Crippen LogP contribution in [0.5, 0.6) is 5.75 Å². The number of ether oxygens (including phenoxy) is 1.